The van der Waals surface area contributed by atoms with Gasteiger partial charge < -0.3 is 39.1 Å². The maximum absolute atomic E-state index is 6.80. The molecule has 1 aromatic rings. The zero-order chi connectivity index (χ0) is 40.0. The SMILES string of the molecule is C[C@H]1[C@@H](OCCNC(=NCCO[C@@H]2O[C@]3(C)O[C@]4(C)CC[C@H]5[C@H](C)CC[C@@H]([C@H]2C)C53OO4)Nc2ccc(Cl)cc2Cl)O[C@@H]2O[C@]3(C)CC[C@H]4[C@H](C)CC[C@@H]1C24OO3. The largest absolute Gasteiger partial charge is 0.354 e. The first kappa shape index (κ1) is 41.0. The first-order valence-electron chi connectivity index (χ1n) is 21.4. The first-order valence-corrected chi connectivity index (χ1v) is 22.1. The lowest BCUT2D eigenvalue weighted by molar-refractivity contribution is -0.605. The van der Waals surface area contributed by atoms with Crippen molar-refractivity contribution in [2.45, 2.75) is 147 Å². The molecule has 16 atom stereocenters. The standard InChI is InChI=1S/C42H61Cl2N3O10/c1-23-8-11-30-25(3)34(50-36-41(30)28(23)14-16-38(5,52-36)54-56-41)48-20-18-45-37(47-33-13-10-27(43)22-32(33)44)46-19-21-49-35-26(4)31-12-9-24(2)29-15-17-39(6)53-40(7,51-35)42(29,31)57-55-39/h10,13,22-26,28-31,34-36H,8-9,11-12,14-21H2,1-7H3,(H2,45,46,47)/t23-,24-,25-,26-,28+,29+,30+,31+,34+,35-,36-,38+,39+,40-,41?,42?/m1/s1. The van der Waals surface area contributed by atoms with Gasteiger partial charge in [0.2, 0.25) is 17.4 Å². The summed E-state index contributed by atoms with van der Waals surface area (Å²) in [6.45, 7) is 16.4. The van der Waals surface area contributed by atoms with E-state index >= 15 is 0 Å². The van der Waals surface area contributed by atoms with E-state index < -0.39 is 47.4 Å². The van der Waals surface area contributed by atoms with Crippen LogP contribution in [0.25, 0.3) is 0 Å². The Bertz CT molecular complexity index is 1700. The molecule has 15 heteroatoms. The van der Waals surface area contributed by atoms with Gasteiger partial charge in [-0.1, -0.05) is 50.9 Å². The highest BCUT2D eigenvalue weighted by Crippen LogP contribution is 2.65. The van der Waals surface area contributed by atoms with Crippen molar-refractivity contribution >= 4 is 34.8 Å². The zero-order valence-corrected chi connectivity index (χ0v) is 35.9. The number of guanidine groups is 1. The van der Waals surface area contributed by atoms with Gasteiger partial charge >= 0.3 is 0 Å². The molecule has 318 valence electrons. The summed E-state index contributed by atoms with van der Waals surface area (Å²) in [6, 6.07) is 5.30. The van der Waals surface area contributed by atoms with Crippen molar-refractivity contribution in [1.82, 2.24) is 5.32 Å². The van der Waals surface area contributed by atoms with Gasteiger partial charge in [-0.25, -0.2) is 19.6 Å². The number of rotatable bonds is 9. The number of ether oxygens (including phenoxy) is 6. The number of anilines is 1. The summed E-state index contributed by atoms with van der Waals surface area (Å²) in [7, 11) is 0. The van der Waals surface area contributed by atoms with Crippen LogP contribution in [0.2, 0.25) is 10.0 Å². The van der Waals surface area contributed by atoms with Crippen molar-refractivity contribution in [3.63, 3.8) is 0 Å². The number of nitrogens with one attached hydrogen (secondary N) is 2. The third-order valence-corrected chi connectivity index (χ3v) is 15.7. The molecule has 57 heavy (non-hydrogen) atoms. The lowest BCUT2D eigenvalue weighted by atomic mass is 9.55. The molecule has 2 saturated carbocycles. The van der Waals surface area contributed by atoms with Gasteiger partial charge in [0.15, 0.2) is 36.0 Å². The highest BCUT2D eigenvalue weighted by molar-refractivity contribution is 6.36. The Morgan fingerprint density at radius 3 is 2.28 bits per heavy atom. The van der Waals surface area contributed by atoms with Gasteiger partial charge in [0.05, 0.1) is 30.5 Å². The van der Waals surface area contributed by atoms with Crippen LogP contribution in [-0.2, 0) is 48.0 Å². The predicted molar refractivity (Wildman–Crippen MR) is 211 cm³/mol. The van der Waals surface area contributed by atoms with Crippen LogP contribution in [0.3, 0.4) is 0 Å². The van der Waals surface area contributed by atoms with Gasteiger partial charge in [0.1, 0.15) is 0 Å². The van der Waals surface area contributed by atoms with Gasteiger partial charge in [-0.2, -0.15) is 0 Å². The molecule has 8 heterocycles. The van der Waals surface area contributed by atoms with Crippen LogP contribution in [0, 0.1) is 47.3 Å². The van der Waals surface area contributed by atoms with Gasteiger partial charge in [-0.15, -0.1) is 0 Å². The molecule has 10 fully saturated rings. The summed E-state index contributed by atoms with van der Waals surface area (Å²) < 4.78 is 39.6. The van der Waals surface area contributed by atoms with E-state index in [2.05, 4.69) is 38.3 Å². The van der Waals surface area contributed by atoms with Crippen LogP contribution in [0.15, 0.2) is 23.2 Å². The van der Waals surface area contributed by atoms with Crippen LogP contribution in [0.4, 0.5) is 5.69 Å². The van der Waals surface area contributed by atoms with E-state index in [1.165, 1.54) is 0 Å². The van der Waals surface area contributed by atoms with E-state index in [9.17, 15) is 0 Å². The van der Waals surface area contributed by atoms with Crippen molar-refractivity contribution in [3.05, 3.63) is 28.2 Å². The highest BCUT2D eigenvalue weighted by Gasteiger charge is 2.75. The third-order valence-electron chi connectivity index (χ3n) is 15.1. The Morgan fingerprint density at radius 1 is 0.772 bits per heavy atom. The van der Waals surface area contributed by atoms with Gasteiger partial charge in [-0.3, -0.25) is 4.99 Å². The summed E-state index contributed by atoms with van der Waals surface area (Å²) in [5.74, 6) is -0.210. The molecule has 2 aliphatic carbocycles. The average molecular weight is 839 g/mol. The van der Waals surface area contributed by atoms with Crippen molar-refractivity contribution in [2.75, 3.05) is 31.6 Å². The van der Waals surface area contributed by atoms with Crippen molar-refractivity contribution in [1.29, 1.82) is 0 Å². The maximum atomic E-state index is 6.80. The molecule has 0 amide bonds. The Morgan fingerprint density at radius 2 is 1.47 bits per heavy atom. The quantitative estimate of drug-likeness (QED) is 0.108. The molecule has 4 bridgehead atoms. The number of hydrogen-bond donors (Lipinski definition) is 2. The molecule has 8 aliphatic heterocycles. The molecule has 8 saturated heterocycles. The van der Waals surface area contributed by atoms with Crippen molar-refractivity contribution < 1.29 is 48.0 Å². The van der Waals surface area contributed by atoms with E-state index in [4.69, 9.17) is 76.2 Å². The van der Waals surface area contributed by atoms with Crippen molar-refractivity contribution in [2.24, 2.45) is 52.3 Å². The second-order valence-corrected chi connectivity index (χ2v) is 19.6. The monoisotopic (exact) mass is 837 g/mol. The molecule has 13 nitrogen and oxygen atoms in total. The Hall–Kier alpha value is -1.33. The molecule has 1 aromatic carbocycles. The molecular formula is C42H61Cl2N3O10. The first-order chi connectivity index (χ1) is 27.2. The lowest BCUT2D eigenvalue weighted by Crippen LogP contribution is -2.76. The number of aliphatic imine (C=N–C) groups is 1. The zero-order valence-electron chi connectivity index (χ0n) is 34.4. The Balaban J connectivity index is 0.851. The summed E-state index contributed by atoms with van der Waals surface area (Å²) in [6.07, 6.45) is 6.20. The molecule has 2 unspecified atom stereocenters. The van der Waals surface area contributed by atoms with Gasteiger partial charge in [-0.05, 0) is 101 Å². The summed E-state index contributed by atoms with van der Waals surface area (Å²) in [4.78, 5) is 29.6. The molecule has 11 rings (SSSR count). The van der Waals surface area contributed by atoms with Crippen LogP contribution in [0.1, 0.15) is 99.8 Å². The van der Waals surface area contributed by atoms with E-state index in [0.717, 1.165) is 51.4 Å². The fourth-order valence-corrected chi connectivity index (χ4v) is 12.6. The number of fused-ring (bicyclic) bond motifs is 4. The number of nitrogens with zero attached hydrogens (tertiary/aromatic N) is 1. The third kappa shape index (κ3) is 6.86. The number of halogens is 2. The smallest absolute Gasteiger partial charge is 0.204 e. The van der Waals surface area contributed by atoms with Gasteiger partial charge in [0, 0.05) is 48.1 Å². The van der Waals surface area contributed by atoms with E-state index in [0.29, 0.717) is 65.7 Å². The van der Waals surface area contributed by atoms with Gasteiger partial charge in [0.25, 0.3) is 0 Å². The number of hydrogen-bond acceptors (Lipinski definition) is 11. The van der Waals surface area contributed by atoms with Crippen LogP contribution >= 0.6 is 23.2 Å². The normalized spacial score (nSPS) is 48.7. The lowest BCUT2D eigenvalue weighted by Gasteiger charge is -2.64. The Kier molecular flexibility index (Phi) is 11.0. The molecule has 0 radical (unpaired) electrons. The minimum Gasteiger partial charge on any atom is -0.354 e. The van der Waals surface area contributed by atoms with Crippen LogP contribution in [-0.4, -0.2) is 79.7 Å². The molecular weight excluding hydrogens is 777 g/mol. The van der Waals surface area contributed by atoms with E-state index in [-0.39, 0.29) is 29.6 Å². The summed E-state index contributed by atoms with van der Waals surface area (Å²) in [5.41, 5.74) is -0.656. The topological polar surface area (TPSA) is 129 Å². The maximum Gasteiger partial charge on any atom is 0.204 e. The molecule has 0 aromatic heterocycles. The van der Waals surface area contributed by atoms with E-state index in [1.807, 2.05) is 26.8 Å². The van der Waals surface area contributed by atoms with Crippen LogP contribution in [0.5, 0.6) is 0 Å². The molecule has 2 spiro atoms. The Labute approximate surface area is 346 Å². The minimum atomic E-state index is -1.02. The second-order valence-electron chi connectivity index (χ2n) is 18.7. The average Bonchev–Trinajstić information content (AvgIpc) is 3.53. The fraction of sp³-hybridized carbons (Fsp3) is 0.833. The second kappa shape index (κ2) is 15.2. The predicted octanol–water partition coefficient (Wildman–Crippen LogP) is 8.19. The van der Waals surface area contributed by atoms with Crippen molar-refractivity contribution in [3.8, 4) is 0 Å². The molecule has 10 aliphatic rings. The molecule has 2 N–H and O–H groups in total. The van der Waals surface area contributed by atoms with E-state index in [1.54, 1.807) is 12.1 Å². The minimum absolute atomic E-state index is 0.0511. The fourth-order valence-electron chi connectivity index (χ4n) is 12.2. The van der Waals surface area contributed by atoms with Crippen LogP contribution < -0.4 is 10.6 Å². The summed E-state index contributed by atoms with van der Waals surface area (Å²) >= 11 is 12.8. The highest BCUT2D eigenvalue weighted by atomic mass is 35.5. The number of benzene rings is 1. The summed E-state index contributed by atoms with van der Waals surface area (Å²) in [5, 5.41) is 7.79.